The Hall–Kier alpha value is -1.98. The molecule has 100 valence electrons. The molecule has 1 N–H and O–H groups in total. The second-order valence-corrected chi connectivity index (χ2v) is 5.63. The Bertz CT molecular complexity index is 656. The van der Waals surface area contributed by atoms with Crippen molar-refractivity contribution < 1.29 is 0 Å². The number of nitrogens with zero attached hydrogens (tertiary/aromatic N) is 1. The van der Waals surface area contributed by atoms with E-state index < -0.39 is 0 Å². The Morgan fingerprint density at radius 2 is 1.85 bits per heavy atom. The Kier molecular flexibility index (Phi) is 3.62. The van der Waals surface area contributed by atoms with Crippen molar-refractivity contribution in [3.63, 3.8) is 0 Å². The van der Waals surface area contributed by atoms with Gasteiger partial charge in [-0.15, -0.1) is 0 Å². The molecule has 2 aromatic carbocycles. The first-order chi connectivity index (χ1) is 9.74. The van der Waals surface area contributed by atoms with E-state index in [4.69, 9.17) is 16.9 Å². The molecular weight excluding hydrogens is 268 g/mol. The molecular formula is C17H15ClN2. The third-order valence-corrected chi connectivity index (χ3v) is 3.94. The maximum absolute atomic E-state index is 8.66. The van der Waals surface area contributed by atoms with Crippen LogP contribution in [-0.4, -0.2) is 6.04 Å². The average Bonchev–Trinajstić information content (AvgIpc) is 2.82. The number of hydrogen-bond acceptors (Lipinski definition) is 2. The number of halogens is 1. The van der Waals surface area contributed by atoms with Crippen molar-refractivity contribution in [1.82, 2.24) is 0 Å². The lowest BCUT2D eigenvalue weighted by Gasteiger charge is -2.13. The summed E-state index contributed by atoms with van der Waals surface area (Å²) in [6.07, 6.45) is 2.51. The van der Waals surface area contributed by atoms with Crippen molar-refractivity contribution in [1.29, 1.82) is 5.26 Å². The molecule has 20 heavy (non-hydrogen) atoms. The molecule has 1 aliphatic carbocycles. The molecule has 0 saturated heterocycles. The molecule has 0 fully saturated rings. The average molecular weight is 283 g/mol. The van der Waals surface area contributed by atoms with Gasteiger partial charge in [-0.3, -0.25) is 0 Å². The van der Waals surface area contributed by atoms with E-state index in [1.165, 1.54) is 11.1 Å². The lowest BCUT2D eigenvalue weighted by molar-refractivity contribution is 0.774. The van der Waals surface area contributed by atoms with Gasteiger partial charge >= 0.3 is 0 Å². The van der Waals surface area contributed by atoms with Crippen molar-refractivity contribution in [2.24, 2.45) is 0 Å². The van der Waals surface area contributed by atoms with E-state index in [-0.39, 0.29) is 0 Å². The highest BCUT2D eigenvalue weighted by Gasteiger charge is 2.21. The maximum Gasteiger partial charge on any atom is 0.0669 e. The molecule has 0 saturated carbocycles. The maximum atomic E-state index is 8.66. The van der Waals surface area contributed by atoms with Gasteiger partial charge in [-0.25, -0.2) is 0 Å². The third-order valence-electron chi connectivity index (χ3n) is 3.71. The number of rotatable bonds is 3. The Morgan fingerprint density at radius 3 is 2.60 bits per heavy atom. The van der Waals surface area contributed by atoms with Gasteiger partial charge in [-0.05, 0) is 53.8 Å². The SMILES string of the molecule is N#CCc1ccc(NC2Cc3ccc(Cl)cc3C2)cc1. The van der Waals surface area contributed by atoms with Crippen LogP contribution in [0.15, 0.2) is 42.5 Å². The first kappa shape index (κ1) is 13.0. The summed E-state index contributed by atoms with van der Waals surface area (Å²) in [5.74, 6) is 0. The lowest BCUT2D eigenvalue weighted by atomic mass is 10.1. The molecule has 0 amide bonds. The van der Waals surface area contributed by atoms with Crippen LogP contribution in [0.2, 0.25) is 5.02 Å². The van der Waals surface area contributed by atoms with Crippen LogP contribution >= 0.6 is 11.6 Å². The van der Waals surface area contributed by atoms with Crippen molar-refractivity contribution in [3.05, 3.63) is 64.2 Å². The molecule has 0 heterocycles. The fourth-order valence-corrected chi connectivity index (χ4v) is 2.93. The molecule has 0 bridgehead atoms. The van der Waals surface area contributed by atoms with E-state index in [1.807, 2.05) is 30.3 Å². The van der Waals surface area contributed by atoms with Crippen LogP contribution in [-0.2, 0) is 19.3 Å². The minimum absolute atomic E-state index is 0.422. The zero-order valence-corrected chi connectivity index (χ0v) is 11.8. The van der Waals surface area contributed by atoms with E-state index >= 15 is 0 Å². The second-order valence-electron chi connectivity index (χ2n) is 5.19. The fourth-order valence-electron chi connectivity index (χ4n) is 2.73. The van der Waals surface area contributed by atoms with Gasteiger partial charge in [0.1, 0.15) is 0 Å². The number of nitrogens with one attached hydrogen (secondary N) is 1. The Morgan fingerprint density at radius 1 is 1.10 bits per heavy atom. The zero-order valence-electron chi connectivity index (χ0n) is 11.1. The van der Waals surface area contributed by atoms with E-state index in [2.05, 4.69) is 23.5 Å². The smallest absolute Gasteiger partial charge is 0.0669 e. The summed E-state index contributed by atoms with van der Waals surface area (Å²) >= 11 is 6.03. The zero-order chi connectivity index (χ0) is 13.9. The first-order valence-electron chi connectivity index (χ1n) is 6.74. The predicted molar refractivity (Wildman–Crippen MR) is 82.0 cm³/mol. The van der Waals surface area contributed by atoms with E-state index in [0.29, 0.717) is 12.5 Å². The molecule has 3 heteroatoms. The monoisotopic (exact) mass is 282 g/mol. The van der Waals surface area contributed by atoms with Crippen molar-refractivity contribution in [2.45, 2.75) is 25.3 Å². The summed E-state index contributed by atoms with van der Waals surface area (Å²) in [5.41, 5.74) is 4.89. The van der Waals surface area contributed by atoms with Gasteiger partial charge in [0.05, 0.1) is 12.5 Å². The van der Waals surface area contributed by atoms with Crippen molar-refractivity contribution in [2.75, 3.05) is 5.32 Å². The molecule has 1 aliphatic rings. The normalized spacial score (nSPS) is 16.5. The molecule has 3 rings (SSSR count). The van der Waals surface area contributed by atoms with Crippen LogP contribution < -0.4 is 5.32 Å². The Labute approximate surface area is 124 Å². The number of fused-ring (bicyclic) bond motifs is 1. The minimum Gasteiger partial charge on any atom is -0.382 e. The van der Waals surface area contributed by atoms with Crippen LogP contribution in [0.3, 0.4) is 0 Å². The highest BCUT2D eigenvalue weighted by molar-refractivity contribution is 6.30. The molecule has 1 unspecified atom stereocenters. The molecule has 1 atom stereocenters. The van der Waals surface area contributed by atoms with Crippen molar-refractivity contribution in [3.8, 4) is 6.07 Å². The van der Waals surface area contributed by atoms with Gasteiger partial charge in [-0.2, -0.15) is 5.26 Å². The fraction of sp³-hybridized carbons (Fsp3) is 0.235. The summed E-state index contributed by atoms with van der Waals surface area (Å²) in [4.78, 5) is 0. The number of anilines is 1. The minimum atomic E-state index is 0.422. The van der Waals surface area contributed by atoms with Gasteiger partial charge in [0.2, 0.25) is 0 Å². The van der Waals surface area contributed by atoms with Gasteiger partial charge in [0, 0.05) is 16.8 Å². The first-order valence-corrected chi connectivity index (χ1v) is 7.12. The van der Waals surface area contributed by atoms with Crippen LogP contribution in [0.5, 0.6) is 0 Å². The van der Waals surface area contributed by atoms with Crippen LogP contribution in [0.1, 0.15) is 16.7 Å². The molecule has 0 spiro atoms. The van der Waals surface area contributed by atoms with Gasteiger partial charge in [-0.1, -0.05) is 29.8 Å². The number of hydrogen-bond donors (Lipinski definition) is 1. The standard InChI is InChI=1S/C17H15ClN2/c18-15-4-3-13-10-17(11-14(13)9-15)20-16-5-1-12(2-6-16)7-8-19/h1-6,9,17,20H,7,10-11H2. The van der Waals surface area contributed by atoms with Crippen LogP contribution in [0, 0.1) is 11.3 Å². The molecule has 0 aromatic heterocycles. The summed E-state index contributed by atoms with van der Waals surface area (Å²) in [6.45, 7) is 0. The van der Waals surface area contributed by atoms with Gasteiger partial charge < -0.3 is 5.32 Å². The molecule has 0 radical (unpaired) electrons. The van der Waals surface area contributed by atoms with Gasteiger partial charge in [0.25, 0.3) is 0 Å². The third kappa shape index (κ3) is 2.79. The summed E-state index contributed by atoms with van der Waals surface area (Å²) in [6, 6.07) is 16.8. The van der Waals surface area contributed by atoms with Crippen LogP contribution in [0.25, 0.3) is 0 Å². The predicted octanol–water partition coefficient (Wildman–Crippen LogP) is 3.99. The number of nitriles is 1. The van der Waals surface area contributed by atoms with E-state index in [1.54, 1.807) is 0 Å². The molecule has 0 aliphatic heterocycles. The van der Waals surface area contributed by atoms with Gasteiger partial charge in [0.15, 0.2) is 0 Å². The number of benzene rings is 2. The molecule has 2 nitrogen and oxygen atoms in total. The summed E-state index contributed by atoms with van der Waals surface area (Å²) in [7, 11) is 0. The second kappa shape index (κ2) is 5.56. The Balaban J connectivity index is 1.67. The topological polar surface area (TPSA) is 35.8 Å². The lowest BCUT2D eigenvalue weighted by Crippen LogP contribution is -2.19. The molecule has 2 aromatic rings. The summed E-state index contributed by atoms with van der Waals surface area (Å²) in [5, 5.41) is 13.0. The van der Waals surface area contributed by atoms with E-state index in [9.17, 15) is 0 Å². The highest BCUT2D eigenvalue weighted by atomic mass is 35.5. The van der Waals surface area contributed by atoms with Crippen molar-refractivity contribution >= 4 is 17.3 Å². The van der Waals surface area contributed by atoms with Crippen LogP contribution in [0.4, 0.5) is 5.69 Å². The van der Waals surface area contributed by atoms with E-state index in [0.717, 1.165) is 29.1 Å². The largest absolute Gasteiger partial charge is 0.382 e. The summed E-state index contributed by atoms with van der Waals surface area (Å²) < 4.78 is 0. The highest BCUT2D eigenvalue weighted by Crippen LogP contribution is 2.27. The quantitative estimate of drug-likeness (QED) is 0.924.